The minimum Gasteiger partial charge on any atom is -0.497 e. The summed E-state index contributed by atoms with van der Waals surface area (Å²) in [7, 11) is 1.62. The lowest BCUT2D eigenvalue weighted by Crippen LogP contribution is -2.43. The molecule has 0 radical (unpaired) electrons. The Balaban J connectivity index is 1.67. The van der Waals surface area contributed by atoms with Gasteiger partial charge in [0.05, 0.1) is 18.2 Å². The van der Waals surface area contributed by atoms with Crippen LogP contribution in [0, 0.1) is 0 Å². The van der Waals surface area contributed by atoms with Gasteiger partial charge in [0.25, 0.3) is 11.8 Å². The summed E-state index contributed by atoms with van der Waals surface area (Å²) in [5, 5.41) is 4.12. The quantitative estimate of drug-likeness (QED) is 0.624. The summed E-state index contributed by atoms with van der Waals surface area (Å²) in [6.45, 7) is 2.94. The number of ether oxygens (including phenoxy) is 1. The van der Waals surface area contributed by atoms with Gasteiger partial charge in [0.15, 0.2) is 0 Å². The zero-order valence-electron chi connectivity index (χ0n) is 16.8. The minimum absolute atomic E-state index is 0.0354. The molecule has 29 heavy (non-hydrogen) atoms. The molecular weight excluding hydrogens is 366 g/mol. The Morgan fingerprint density at radius 3 is 2.90 bits per heavy atom. The molecule has 2 aromatic carbocycles. The zero-order chi connectivity index (χ0) is 20.2. The van der Waals surface area contributed by atoms with Crippen molar-refractivity contribution in [3.8, 4) is 28.6 Å². The Hall–Kier alpha value is -3.15. The monoisotopic (exact) mass is 391 g/mol. The van der Waals surface area contributed by atoms with Gasteiger partial charge in [-0.15, -0.1) is 0 Å². The molecule has 6 nitrogen and oxygen atoms in total. The molecule has 0 saturated carbocycles. The Bertz CT molecular complexity index is 998. The van der Waals surface area contributed by atoms with E-state index in [1.807, 2.05) is 53.4 Å². The SMILES string of the molecule is CC[C@H]1CCCCN1C(=O)c1ccccc1-c1nc(-c2cccc(OC)c2)no1. The van der Waals surface area contributed by atoms with Crippen LogP contribution in [0.4, 0.5) is 0 Å². The highest BCUT2D eigenvalue weighted by atomic mass is 16.5. The molecule has 1 aliphatic heterocycles. The van der Waals surface area contributed by atoms with Crippen LogP contribution in [0.25, 0.3) is 22.8 Å². The van der Waals surface area contributed by atoms with Crippen molar-refractivity contribution in [2.45, 2.75) is 38.6 Å². The first kappa shape index (κ1) is 19.2. The third kappa shape index (κ3) is 3.88. The Labute approximate surface area is 170 Å². The summed E-state index contributed by atoms with van der Waals surface area (Å²) in [4.78, 5) is 19.9. The smallest absolute Gasteiger partial charge is 0.259 e. The van der Waals surface area contributed by atoms with Crippen molar-refractivity contribution in [2.24, 2.45) is 0 Å². The molecule has 1 fully saturated rings. The number of hydrogen-bond donors (Lipinski definition) is 0. The van der Waals surface area contributed by atoms with Gasteiger partial charge in [-0.1, -0.05) is 36.3 Å². The zero-order valence-corrected chi connectivity index (χ0v) is 16.8. The molecule has 1 amide bonds. The van der Waals surface area contributed by atoms with Crippen LogP contribution in [0.3, 0.4) is 0 Å². The van der Waals surface area contributed by atoms with E-state index in [1.165, 1.54) is 6.42 Å². The fourth-order valence-electron chi connectivity index (χ4n) is 3.92. The minimum atomic E-state index is 0.0354. The molecule has 6 heteroatoms. The van der Waals surface area contributed by atoms with Crippen LogP contribution >= 0.6 is 0 Å². The van der Waals surface area contributed by atoms with Gasteiger partial charge in [-0.05, 0) is 49.9 Å². The van der Waals surface area contributed by atoms with Crippen LogP contribution in [0.1, 0.15) is 43.0 Å². The highest BCUT2D eigenvalue weighted by Crippen LogP contribution is 2.29. The second-order valence-electron chi connectivity index (χ2n) is 7.26. The molecule has 1 aliphatic rings. The number of rotatable bonds is 5. The maximum absolute atomic E-state index is 13.3. The van der Waals surface area contributed by atoms with E-state index in [9.17, 15) is 4.79 Å². The maximum atomic E-state index is 13.3. The molecule has 0 unspecified atom stereocenters. The second kappa shape index (κ2) is 8.47. The Morgan fingerprint density at radius 1 is 1.21 bits per heavy atom. The summed E-state index contributed by atoms with van der Waals surface area (Å²) >= 11 is 0. The van der Waals surface area contributed by atoms with Crippen molar-refractivity contribution >= 4 is 5.91 Å². The van der Waals surface area contributed by atoms with Gasteiger partial charge in [0.1, 0.15) is 5.75 Å². The standard InChI is InChI=1S/C23H25N3O3/c1-3-17-10-6-7-14-26(17)23(27)20-13-5-4-12-19(20)22-24-21(25-29-22)16-9-8-11-18(15-16)28-2/h4-5,8-9,11-13,15,17H,3,6-7,10,14H2,1-2H3/t17-/m0/s1. The van der Waals surface area contributed by atoms with Crippen LogP contribution in [-0.4, -0.2) is 40.6 Å². The van der Waals surface area contributed by atoms with Crippen LogP contribution in [0.5, 0.6) is 5.75 Å². The highest BCUT2D eigenvalue weighted by Gasteiger charge is 2.28. The first-order valence-corrected chi connectivity index (χ1v) is 10.1. The van der Waals surface area contributed by atoms with Gasteiger partial charge in [-0.2, -0.15) is 4.98 Å². The average molecular weight is 391 g/mol. The fraction of sp³-hybridized carbons (Fsp3) is 0.348. The lowest BCUT2D eigenvalue weighted by Gasteiger charge is -2.35. The second-order valence-corrected chi connectivity index (χ2v) is 7.26. The van der Waals surface area contributed by atoms with E-state index in [4.69, 9.17) is 9.26 Å². The van der Waals surface area contributed by atoms with E-state index in [0.717, 1.165) is 37.1 Å². The van der Waals surface area contributed by atoms with E-state index >= 15 is 0 Å². The molecule has 0 spiro atoms. The summed E-state index contributed by atoms with van der Waals surface area (Å²) in [5.41, 5.74) is 2.07. The van der Waals surface area contributed by atoms with Crippen LogP contribution < -0.4 is 4.74 Å². The van der Waals surface area contributed by atoms with Gasteiger partial charge in [-0.25, -0.2) is 0 Å². The van der Waals surface area contributed by atoms with E-state index in [0.29, 0.717) is 28.9 Å². The van der Waals surface area contributed by atoms with Crippen molar-refractivity contribution in [2.75, 3.05) is 13.7 Å². The molecule has 0 bridgehead atoms. The third-order valence-corrected chi connectivity index (χ3v) is 5.50. The highest BCUT2D eigenvalue weighted by molar-refractivity contribution is 6.00. The summed E-state index contributed by atoms with van der Waals surface area (Å²) in [6.07, 6.45) is 4.25. The first-order valence-electron chi connectivity index (χ1n) is 10.1. The fourth-order valence-corrected chi connectivity index (χ4v) is 3.92. The molecule has 150 valence electrons. The van der Waals surface area contributed by atoms with E-state index in [2.05, 4.69) is 17.1 Å². The van der Waals surface area contributed by atoms with Gasteiger partial charge in [-0.3, -0.25) is 4.79 Å². The average Bonchev–Trinajstić information content (AvgIpc) is 3.29. The molecule has 2 heterocycles. The van der Waals surface area contributed by atoms with Crippen LogP contribution in [-0.2, 0) is 0 Å². The first-order chi connectivity index (χ1) is 14.2. The summed E-state index contributed by atoms with van der Waals surface area (Å²) in [5.74, 6) is 1.57. The van der Waals surface area contributed by atoms with Gasteiger partial charge in [0.2, 0.25) is 5.82 Å². The number of piperidine rings is 1. The summed E-state index contributed by atoms with van der Waals surface area (Å²) in [6, 6.07) is 15.2. The molecule has 0 N–H and O–H groups in total. The number of amides is 1. The Morgan fingerprint density at radius 2 is 2.07 bits per heavy atom. The van der Waals surface area contributed by atoms with Gasteiger partial charge in [0, 0.05) is 18.2 Å². The predicted molar refractivity (Wildman–Crippen MR) is 111 cm³/mol. The van der Waals surface area contributed by atoms with Crippen LogP contribution in [0.15, 0.2) is 53.1 Å². The largest absolute Gasteiger partial charge is 0.497 e. The molecular formula is C23H25N3O3. The number of carbonyl (C=O) groups excluding carboxylic acids is 1. The van der Waals surface area contributed by atoms with Crippen molar-refractivity contribution in [1.82, 2.24) is 15.0 Å². The van der Waals surface area contributed by atoms with E-state index < -0.39 is 0 Å². The third-order valence-electron chi connectivity index (χ3n) is 5.50. The number of likely N-dealkylation sites (tertiary alicyclic amines) is 1. The summed E-state index contributed by atoms with van der Waals surface area (Å²) < 4.78 is 10.8. The van der Waals surface area contributed by atoms with Crippen molar-refractivity contribution in [1.29, 1.82) is 0 Å². The molecule has 1 saturated heterocycles. The van der Waals surface area contributed by atoms with Crippen molar-refractivity contribution < 1.29 is 14.1 Å². The van der Waals surface area contributed by atoms with E-state index in [-0.39, 0.29) is 5.91 Å². The molecule has 3 aromatic rings. The number of methoxy groups -OCH3 is 1. The normalized spacial score (nSPS) is 16.6. The maximum Gasteiger partial charge on any atom is 0.259 e. The number of nitrogens with zero attached hydrogens (tertiary/aromatic N) is 3. The molecule has 1 atom stereocenters. The van der Waals surface area contributed by atoms with Crippen LogP contribution in [0.2, 0.25) is 0 Å². The van der Waals surface area contributed by atoms with Gasteiger partial charge < -0.3 is 14.2 Å². The van der Waals surface area contributed by atoms with Crippen molar-refractivity contribution in [3.05, 3.63) is 54.1 Å². The lowest BCUT2D eigenvalue weighted by atomic mass is 9.97. The number of carbonyl (C=O) groups is 1. The predicted octanol–water partition coefficient (Wildman–Crippen LogP) is 4.82. The number of hydrogen-bond acceptors (Lipinski definition) is 5. The van der Waals surface area contributed by atoms with Crippen molar-refractivity contribution in [3.63, 3.8) is 0 Å². The molecule has 0 aliphatic carbocycles. The lowest BCUT2D eigenvalue weighted by molar-refractivity contribution is 0.0608. The van der Waals surface area contributed by atoms with Gasteiger partial charge >= 0.3 is 0 Å². The molecule has 4 rings (SSSR count). The van der Waals surface area contributed by atoms with E-state index in [1.54, 1.807) is 7.11 Å². The number of benzene rings is 2. The number of aromatic nitrogens is 2. The Kier molecular flexibility index (Phi) is 5.60. The topological polar surface area (TPSA) is 68.5 Å². The molecule has 1 aromatic heterocycles.